The monoisotopic (exact) mass is 522 g/mol. The number of aromatic nitrogens is 2. The van der Waals surface area contributed by atoms with Crippen molar-refractivity contribution in [2.75, 3.05) is 19.8 Å². The average molecular weight is 523 g/mol. The highest BCUT2D eigenvalue weighted by Crippen LogP contribution is 2.42. The molecule has 9 heteroatoms. The second-order valence-electron chi connectivity index (χ2n) is 11.9. The first kappa shape index (κ1) is 28.1. The number of sulfone groups is 1. The van der Waals surface area contributed by atoms with E-state index in [0.717, 1.165) is 17.3 Å². The van der Waals surface area contributed by atoms with E-state index in [1.165, 1.54) is 0 Å². The summed E-state index contributed by atoms with van der Waals surface area (Å²) in [6.45, 7) is 15.8. The third kappa shape index (κ3) is 6.43. The maximum Gasteiger partial charge on any atom is 0.184 e. The second-order valence-corrected chi connectivity index (χ2v) is 20.0. The summed E-state index contributed by atoms with van der Waals surface area (Å²) in [6.07, 6.45) is 0.287. The zero-order chi connectivity index (χ0) is 26.1. The van der Waals surface area contributed by atoms with Crippen LogP contribution in [0.2, 0.25) is 25.7 Å². The van der Waals surface area contributed by atoms with Crippen LogP contribution in [0.5, 0.6) is 0 Å². The van der Waals surface area contributed by atoms with Gasteiger partial charge in [0.25, 0.3) is 0 Å². The molecule has 1 fully saturated rings. The van der Waals surface area contributed by atoms with Crippen LogP contribution < -0.4 is 0 Å². The molecule has 1 aromatic heterocycles. The molecule has 2 aromatic rings. The zero-order valence-electron chi connectivity index (χ0n) is 22.3. The summed E-state index contributed by atoms with van der Waals surface area (Å²) in [5, 5.41) is 14.8. The summed E-state index contributed by atoms with van der Waals surface area (Å²) in [7, 11) is -4.78. The van der Waals surface area contributed by atoms with Crippen LogP contribution in [0.1, 0.15) is 56.7 Å². The minimum absolute atomic E-state index is 0.0436. The van der Waals surface area contributed by atoms with E-state index in [0.29, 0.717) is 36.6 Å². The number of ether oxygens (including phenoxy) is 2. The number of hydrogen-bond donors (Lipinski definition) is 1. The van der Waals surface area contributed by atoms with Gasteiger partial charge in [0.2, 0.25) is 0 Å². The van der Waals surface area contributed by atoms with Crippen LogP contribution in [0.15, 0.2) is 35.2 Å². The Balaban J connectivity index is 1.87. The number of nitrogens with zero attached hydrogens (tertiary/aromatic N) is 2. The lowest BCUT2D eigenvalue weighted by atomic mass is 9.89. The fourth-order valence-corrected chi connectivity index (χ4v) is 6.97. The molecule has 0 saturated carbocycles. The van der Waals surface area contributed by atoms with E-state index < -0.39 is 34.2 Å². The summed E-state index contributed by atoms with van der Waals surface area (Å²) in [4.78, 5) is 0.351. The van der Waals surface area contributed by atoms with Crippen molar-refractivity contribution < 1.29 is 23.0 Å². The third-order valence-corrected chi connectivity index (χ3v) is 11.2. The smallest absolute Gasteiger partial charge is 0.184 e. The third-order valence-electron chi connectivity index (χ3n) is 6.94. The molecular formula is C26H42N2O5SSi. The van der Waals surface area contributed by atoms with E-state index in [1.807, 2.05) is 39.8 Å². The van der Waals surface area contributed by atoms with Crippen LogP contribution in [-0.2, 0) is 31.5 Å². The van der Waals surface area contributed by atoms with Crippen LogP contribution in [0.25, 0.3) is 0 Å². The normalized spacial score (nSPS) is 21.9. The summed E-state index contributed by atoms with van der Waals surface area (Å²) >= 11 is 0. The zero-order valence-corrected chi connectivity index (χ0v) is 24.1. The molecule has 1 saturated heterocycles. The van der Waals surface area contributed by atoms with Crippen LogP contribution in [0.3, 0.4) is 0 Å². The van der Waals surface area contributed by atoms with Gasteiger partial charge in [0.1, 0.15) is 12.8 Å². The van der Waals surface area contributed by atoms with Gasteiger partial charge in [-0.3, -0.25) is 0 Å². The number of rotatable bonds is 10. The standard InChI is InChI=1S/C26H42N2O5SSi/c1-20-9-8-10-21(15-20)34(30,31)26(4)11-12-33-23(17-26)22-16-24(25(2,3)18-29)28(27-22)19-32-13-14-35(5,6)7/h8-10,15-16,23,29H,11-14,17-19H2,1-7H3. The molecule has 2 heterocycles. The molecule has 7 nitrogen and oxygen atoms in total. The van der Waals surface area contributed by atoms with Crippen molar-refractivity contribution >= 4 is 17.9 Å². The van der Waals surface area contributed by atoms with E-state index in [4.69, 9.17) is 14.6 Å². The first-order chi connectivity index (χ1) is 16.2. The predicted molar refractivity (Wildman–Crippen MR) is 141 cm³/mol. The van der Waals surface area contributed by atoms with Gasteiger partial charge < -0.3 is 14.6 Å². The van der Waals surface area contributed by atoms with E-state index in [1.54, 1.807) is 22.9 Å². The predicted octanol–water partition coefficient (Wildman–Crippen LogP) is 4.86. The number of hydrogen-bond acceptors (Lipinski definition) is 6. The van der Waals surface area contributed by atoms with Crippen molar-refractivity contribution in [3.05, 3.63) is 47.3 Å². The van der Waals surface area contributed by atoms with Gasteiger partial charge in [0.05, 0.1) is 21.9 Å². The molecule has 35 heavy (non-hydrogen) atoms. The Morgan fingerprint density at radius 1 is 1.29 bits per heavy atom. The molecule has 0 radical (unpaired) electrons. The molecule has 3 rings (SSSR count). The van der Waals surface area contributed by atoms with Crippen molar-refractivity contribution in [1.82, 2.24) is 9.78 Å². The maximum absolute atomic E-state index is 13.6. The Labute approximate surface area is 211 Å². The molecule has 1 aliphatic rings. The lowest BCUT2D eigenvalue weighted by Gasteiger charge is -2.37. The molecule has 196 valence electrons. The molecule has 2 unspecified atom stereocenters. The Morgan fingerprint density at radius 2 is 2.00 bits per heavy atom. The molecule has 0 spiro atoms. The molecule has 0 aliphatic carbocycles. The Bertz CT molecular complexity index is 1120. The van der Waals surface area contributed by atoms with Gasteiger partial charge in [0, 0.05) is 32.4 Å². The minimum atomic E-state index is -3.57. The van der Waals surface area contributed by atoms with Crippen molar-refractivity contribution in [2.45, 2.75) is 94.1 Å². The highest BCUT2D eigenvalue weighted by Gasteiger charge is 2.46. The van der Waals surface area contributed by atoms with Crippen LogP contribution >= 0.6 is 0 Å². The second kappa shape index (κ2) is 10.5. The number of aryl methyl sites for hydroxylation is 1. The molecular weight excluding hydrogens is 480 g/mol. The van der Waals surface area contributed by atoms with Crippen molar-refractivity contribution in [3.8, 4) is 0 Å². The van der Waals surface area contributed by atoms with Gasteiger partial charge >= 0.3 is 0 Å². The average Bonchev–Trinajstić information content (AvgIpc) is 3.21. The Kier molecular flexibility index (Phi) is 8.38. The highest BCUT2D eigenvalue weighted by atomic mass is 32.2. The fourth-order valence-electron chi connectivity index (χ4n) is 4.32. The van der Waals surface area contributed by atoms with Gasteiger partial charge in [-0.05, 0) is 56.5 Å². The quantitative estimate of drug-likeness (QED) is 0.354. The molecule has 1 N–H and O–H groups in total. The largest absolute Gasteiger partial charge is 0.395 e. The van der Waals surface area contributed by atoms with Crippen LogP contribution in [0, 0.1) is 6.92 Å². The molecule has 2 atom stereocenters. The van der Waals surface area contributed by atoms with Crippen LogP contribution in [-0.4, -0.2) is 55.9 Å². The van der Waals surface area contributed by atoms with Crippen LogP contribution in [0.4, 0.5) is 0 Å². The maximum atomic E-state index is 13.6. The summed E-state index contributed by atoms with van der Waals surface area (Å²) in [6, 6.07) is 10.1. The van der Waals surface area contributed by atoms with Gasteiger partial charge in [-0.15, -0.1) is 0 Å². The fraction of sp³-hybridized carbons (Fsp3) is 0.654. The summed E-state index contributed by atoms with van der Waals surface area (Å²) < 4.78 is 40.1. The van der Waals surface area contributed by atoms with Gasteiger partial charge in [0.15, 0.2) is 9.84 Å². The van der Waals surface area contributed by atoms with E-state index in [9.17, 15) is 13.5 Å². The first-order valence-corrected chi connectivity index (χ1v) is 17.6. The van der Waals surface area contributed by atoms with Crippen molar-refractivity contribution in [2.24, 2.45) is 0 Å². The van der Waals surface area contributed by atoms with Crippen molar-refractivity contribution in [1.29, 1.82) is 0 Å². The Morgan fingerprint density at radius 3 is 2.63 bits per heavy atom. The topological polar surface area (TPSA) is 90.7 Å². The van der Waals surface area contributed by atoms with E-state index in [2.05, 4.69) is 19.6 Å². The first-order valence-electron chi connectivity index (χ1n) is 12.4. The van der Waals surface area contributed by atoms with Gasteiger partial charge in [-0.25, -0.2) is 13.1 Å². The highest BCUT2D eigenvalue weighted by molar-refractivity contribution is 7.92. The summed E-state index contributed by atoms with van der Waals surface area (Å²) in [5.41, 5.74) is 1.92. The van der Waals surface area contributed by atoms with E-state index >= 15 is 0 Å². The molecule has 0 amide bonds. The van der Waals surface area contributed by atoms with Gasteiger partial charge in [-0.2, -0.15) is 5.10 Å². The lowest BCUT2D eigenvalue weighted by molar-refractivity contribution is -0.00339. The van der Waals surface area contributed by atoms with Gasteiger partial charge in [-0.1, -0.05) is 45.6 Å². The molecule has 1 aromatic carbocycles. The molecule has 1 aliphatic heterocycles. The molecule has 0 bridgehead atoms. The summed E-state index contributed by atoms with van der Waals surface area (Å²) in [5.74, 6) is 0. The number of aliphatic hydroxyl groups excluding tert-OH is 1. The minimum Gasteiger partial charge on any atom is -0.395 e. The van der Waals surface area contributed by atoms with E-state index in [-0.39, 0.29) is 13.3 Å². The number of benzene rings is 1. The SMILES string of the molecule is Cc1cccc(S(=O)(=O)C2(C)CCOC(c3cc(C(C)(C)CO)n(COCC[Si](C)(C)C)n3)C2)c1. The van der Waals surface area contributed by atoms with Crippen molar-refractivity contribution in [3.63, 3.8) is 0 Å². The number of aliphatic hydroxyl groups is 1. The Hall–Kier alpha value is -1.52. The lowest BCUT2D eigenvalue weighted by Crippen LogP contribution is -2.42.